The molecule has 6 rings (SSSR count). The molecule has 1 aromatic carbocycles. The summed E-state index contributed by atoms with van der Waals surface area (Å²) in [6.45, 7) is 10.4. The Bertz CT molecular complexity index is 1690. The first-order chi connectivity index (χ1) is 24.9. The van der Waals surface area contributed by atoms with Crippen LogP contribution in [0.5, 0.6) is 11.6 Å². The van der Waals surface area contributed by atoms with E-state index < -0.39 is 0 Å². The van der Waals surface area contributed by atoms with Gasteiger partial charge in [-0.05, 0) is 74.6 Å². The number of aromatic nitrogens is 8. The number of anilines is 2. The van der Waals surface area contributed by atoms with E-state index in [1.165, 1.54) is 6.33 Å². The normalized spacial score (nSPS) is 21.5. The zero-order valence-corrected chi connectivity index (χ0v) is 29.7. The second kappa shape index (κ2) is 17.5. The van der Waals surface area contributed by atoms with E-state index in [1.54, 1.807) is 30.3 Å². The van der Waals surface area contributed by atoms with Gasteiger partial charge in [0.15, 0.2) is 0 Å². The van der Waals surface area contributed by atoms with Crippen LogP contribution in [-0.4, -0.2) is 116 Å². The largest absolute Gasteiger partial charge is 0.487 e. The van der Waals surface area contributed by atoms with Crippen molar-refractivity contribution in [1.82, 2.24) is 44.9 Å². The van der Waals surface area contributed by atoms with Crippen molar-refractivity contribution < 1.29 is 23.7 Å². The monoisotopic (exact) mass is 701 g/mol. The molecule has 2 fully saturated rings. The Hall–Kier alpha value is -4.69. The first-order valence-corrected chi connectivity index (χ1v) is 17.6. The summed E-state index contributed by atoms with van der Waals surface area (Å²) >= 11 is 0. The summed E-state index contributed by atoms with van der Waals surface area (Å²) in [7, 11) is 1.65. The van der Waals surface area contributed by atoms with Gasteiger partial charge in [-0.15, -0.1) is 10.2 Å². The summed E-state index contributed by atoms with van der Waals surface area (Å²) < 4.78 is 32.5. The molecule has 1 saturated carbocycles. The van der Waals surface area contributed by atoms with Crippen molar-refractivity contribution in [3.8, 4) is 28.8 Å². The molecule has 2 aliphatic rings. The van der Waals surface area contributed by atoms with Crippen molar-refractivity contribution in [1.29, 1.82) is 5.26 Å². The molecule has 4 heterocycles. The molecule has 16 heteroatoms. The number of hydrogen-bond donors (Lipinski definition) is 1. The maximum Gasteiger partial charge on any atom is 0.257 e. The lowest BCUT2D eigenvalue weighted by atomic mass is 9.89. The standard InChI is InChI=1S/C35H47N11O5/c1-24-19-44(20-25(2)50-24)30-7-9-31(10-8-30)46-22-32(34(41-46)49-14-13-48-12-11-47-4)40-35-37-17-29(18-38-35)27-5-6-28(16-36)33(15-27)51-26(3)21-45-23-39-42-43-45/h5-6,15,17-18,22-26,30-31H,7-14,19-21H2,1-4H3,(H,37,38,40)/t24-,25+,26-,30-,31-/m0/s1. The minimum absolute atomic E-state index is 0.264. The fraction of sp³-hybridized carbons (Fsp3) is 0.571. The maximum absolute atomic E-state index is 9.68. The number of benzene rings is 1. The fourth-order valence-electron chi connectivity index (χ4n) is 6.74. The third-order valence-corrected chi connectivity index (χ3v) is 9.10. The number of rotatable bonds is 16. The number of hydrogen-bond acceptors (Lipinski definition) is 14. The van der Waals surface area contributed by atoms with Gasteiger partial charge in [0.25, 0.3) is 5.88 Å². The summed E-state index contributed by atoms with van der Waals surface area (Å²) in [6.07, 6.45) is 11.5. The molecule has 1 aliphatic carbocycles. The lowest BCUT2D eigenvalue weighted by Crippen LogP contribution is -2.51. The van der Waals surface area contributed by atoms with Gasteiger partial charge in [0.1, 0.15) is 36.5 Å². The molecule has 0 spiro atoms. The van der Waals surface area contributed by atoms with Crippen molar-refractivity contribution in [2.75, 3.05) is 51.9 Å². The van der Waals surface area contributed by atoms with E-state index in [0.29, 0.717) is 67.8 Å². The van der Waals surface area contributed by atoms with E-state index in [9.17, 15) is 5.26 Å². The third-order valence-electron chi connectivity index (χ3n) is 9.10. The predicted octanol–water partition coefficient (Wildman–Crippen LogP) is 4.04. The Morgan fingerprint density at radius 2 is 1.75 bits per heavy atom. The fourth-order valence-corrected chi connectivity index (χ4v) is 6.74. The molecule has 0 bridgehead atoms. The quantitative estimate of drug-likeness (QED) is 0.166. The molecule has 272 valence electrons. The summed E-state index contributed by atoms with van der Waals surface area (Å²) in [4.78, 5) is 11.8. The zero-order chi connectivity index (χ0) is 35.6. The van der Waals surface area contributed by atoms with E-state index in [0.717, 1.165) is 49.9 Å². The number of ether oxygens (including phenoxy) is 5. The van der Waals surface area contributed by atoms with Gasteiger partial charge >= 0.3 is 0 Å². The summed E-state index contributed by atoms with van der Waals surface area (Å²) in [5, 5.41) is 29.1. The molecule has 0 radical (unpaired) electrons. The minimum Gasteiger partial charge on any atom is -0.487 e. The van der Waals surface area contributed by atoms with Crippen molar-refractivity contribution >= 4 is 11.6 Å². The van der Waals surface area contributed by atoms with Crippen LogP contribution in [0.1, 0.15) is 58.1 Å². The molecule has 1 saturated heterocycles. The van der Waals surface area contributed by atoms with Gasteiger partial charge in [-0.2, -0.15) is 5.26 Å². The van der Waals surface area contributed by atoms with Crippen LogP contribution in [-0.2, 0) is 20.8 Å². The topological polar surface area (TPSA) is 172 Å². The molecule has 51 heavy (non-hydrogen) atoms. The SMILES string of the molecule is COCCOCCOc1nn([C@H]2CC[C@H](N3C[C@@H](C)O[C@@H](C)C3)CC2)cc1Nc1ncc(-c2ccc(C#N)c(O[C@@H](C)Cn3cnnn3)c2)cn1. The molecule has 0 unspecified atom stereocenters. The molecule has 1 N–H and O–H groups in total. The second-order valence-corrected chi connectivity index (χ2v) is 13.2. The predicted molar refractivity (Wildman–Crippen MR) is 187 cm³/mol. The van der Waals surface area contributed by atoms with Crippen LogP contribution in [0.2, 0.25) is 0 Å². The molecule has 1 aliphatic heterocycles. The number of morpholine rings is 1. The van der Waals surface area contributed by atoms with Gasteiger partial charge in [0.05, 0.1) is 56.4 Å². The highest BCUT2D eigenvalue weighted by atomic mass is 16.5. The number of methoxy groups -OCH3 is 1. The van der Waals surface area contributed by atoms with Crippen molar-refractivity contribution in [3.05, 3.63) is 48.7 Å². The van der Waals surface area contributed by atoms with Crippen molar-refractivity contribution in [3.63, 3.8) is 0 Å². The average molecular weight is 702 g/mol. The summed E-state index contributed by atoms with van der Waals surface area (Å²) in [5.74, 6) is 1.33. The van der Waals surface area contributed by atoms with Crippen LogP contribution in [0, 0.1) is 11.3 Å². The van der Waals surface area contributed by atoms with Crippen LogP contribution >= 0.6 is 0 Å². The molecular formula is C35H47N11O5. The molecule has 0 amide bonds. The highest BCUT2D eigenvalue weighted by Crippen LogP contribution is 2.35. The van der Waals surface area contributed by atoms with E-state index in [-0.39, 0.29) is 24.4 Å². The van der Waals surface area contributed by atoms with Gasteiger partial charge in [-0.3, -0.25) is 9.58 Å². The lowest BCUT2D eigenvalue weighted by Gasteiger charge is -2.42. The van der Waals surface area contributed by atoms with E-state index in [1.807, 2.05) is 29.9 Å². The number of nitriles is 1. The molecule has 3 aromatic heterocycles. The third kappa shape index (κ3) is 9.76. The molecular weight excluding hydrogens is 654 g/mol. The first-order valence-electron chi connectivity index (χ1n) is 17.6. The molecule has 4 aromatic rings. The maximum atomic E-state index is 9.68. The van der Waals surface area contributed by atoms with Gasteiger partial charge in [0.2, 0.25) is 5.95 Å². The van der Waals surface area contributed by atoms with Crippen LogP contribution in [0.3, 0.4) is 0 Å². The number of nitrogens with zero attached hydrogens (tertiary/aromatic N) is 10. The average Bonchev–Trinajstić information content (AvgIpc) is 3.79. The smallest absolute Gasteiger partial charge is 0.257 e. The van der Waals surface area contributed by atoms with Gasteiger partial charge < -0.3 is 29.0 Å². The highest BCUT2D eigenvalue weighted by Gasteiger charge is 2.32. The lowest BCUT2D eigenvalue weighted by molar-refractivity contribution is -0.0852. The van der Waals surface area contributed by atoms with Crippen molar-refractivity contribution in [2.24, 2.45) is 0 Å². The van der Waals surface area contributed by atoms with Gasteiger partial charge in [0, 0.05) is 44.2 Å². The van der Waals surface area contributed by atoms with Crippen LogP contribution < -0.4 is 14.8 Å². The Morgan fingerprint density at radius 1 is 1.00 bits per heavy atom. The van der Waals surface area contributed by atoms with Gasteiger partial charge in [-0.25, -0.2) is 14.6 Å². The molecule has 16 nitrogen and oxygen atoms in total. The Kier molecular flexibility index (Phi) is 12.4. The van der Waals surface area contributed by atoms with E-state index >= 15 is 0 Å². The van der Waals surface area contributed by atoms with Crippen molar-refractivity contribution in [2.45, 2.75) is 83.4 Å². The first kappa shape index (κ1) is 36.1. The minimum atomic E-state index is -0.277. The summed E-state index contributed by atoms with van der Waals surface area (Å²) in [6, 6.07) is 8.43. The Balaban J connectivity index is 1.12. The Morgan fingerprint density at radius 3 is 2.45 bits per heavy atom. The van der Waals surface area contributed by atoms with Crippen LogP contribution in [0.4, 0.5) is 11.6 Å². The van der Waals surface area contributed by atoms with E-state index in [2.05, 4.69) is 55.6 Å². The number of nitrogens with one attached hydrogen (secondary N) is 1. The molecule has 3 atom stereocenters. The highest BCUT2D eigenvalue weighted by molar-refractivity contribution is 5.67. The summed E-state index contributed by atoms with van der Waals surface area (Å²) in [5.41, 5.74) is 2.69. The van der Waals surface area contributed by atoms with Crippen LogP contribution in [0.25, 0.3) is 11.1 Å². The Labute approximate surface area is 298 Å². The second-order valence-electron chi connectivity index (χ2n) is 13.2. The number of tetrazole rings is 1. The van der Waals surface area contributed by atoms with E-state index in [4.69, 9.17) is 28.8 Å². The van der Waals surface area contributed by atoms with Gasteiger partial charge in [-0.1, -0.05) is 6.07 Å². The zero-order valence-electron chi connectivity index (χ0n) is 29.7. The van der Waals surface area contributed by atoms with Crippen LogP contribution in [0.15, 0.2) is 43.1 Å².